The molecule has 0 saturated carbocycles. The average molecular weight is 194 g/mol. The van der Waals surface area contributed by atoms with Crippen LogP contribution in [0.5, 0.6) is 0 Å². The normalized spacial score (nSPS) is 16.8. The van der Waals surface area contributed by atoms with Crippen LogP contribution in [0.2, 0.25) is 0 Å². The van der Waals surface area contributed by atoms with Crippen molar-refractivity contribution in [1.29, 1.82) is 0 Å². The van der Waals surface area contributed by atoms with Gasteiger partial charge in [-0.25, -0.2) is 4.39 Å². The van der Waals surface area contributed by atoms with Gasteiger partial charge in [0.15, 0.2) is 0 Å². The maximum atomic E-state index is 13.6. The number of nitrogen functional groups attached to an aromatic ring is 1. The zero-order chi connectivity index (χ0) is 10.3. The minimum Gasteiger partial charge on any atom is -0.398 e. The van der Waals surface area contributed by atoms with E-state index in [1.54, 1.807) is 0 Å². The molecule has 0 saturated heterocycles. The molecule has 14 heavy (non-hydrogen) atoms. The maximum Gasteiger partial charge on any atom is 0.130 e. The molecule has 0 heterocycles. The predicted molar refractivity (Wildman–Crippen MR) is 55.4 cm³/mol. The lowest BCUT2D eigenvalue weighted by atomic mass is 9.97. The summed E-state index contributed by atoms with van der Waals surface area (Å²) in [6.45, 7) is 1.81. The topological polar surface area (TPSA) is 52.0 Å². The van der Waals surface area contributed by atoms with E-state index >= 15 is 0 Å². The highest BCUT2D eigenvalue weighted by Gasteiger charge is 2.22. The number of rotatable bonds is 1. The summed E-state index contributed by atoms with van der Waals surface area (Å²) in [6.07, 6.45) is 2.93. The van der Waals surface area contributed by atoms with Gasteiger partial charge in [0.1, 0.15) is 5.82 Å². The molecule has 0 fully saturated rings. The summed E-state index contributed by atoms with van der Waals surface area (Å²) < 4.78 is 13.6. The molecule has 0 bridgehead atoms. The summed E-state index contributed by atoms with van der Waals surface area (Å²) >= 11 is 0. The standard InChI is InChI=1S/C11H15FN2/c1-6(13)11-8-4-2-3-7(8)10(14)5-9(11)12/h5-6H,2-4,13-14H2,1H3/t6-/m1/s1. The summed E-state index contributed by atoms with van der Waals surface area (Å²) in [5.74, 6) is -0.252. The van der Waals surface area contributed by atoms with Crippen LogP contribution in [0.15, 0.2) is 6.07 Å². The minimum atomic E-state index is -0.252. The van der Waals surface area contributed by atoms with E-state index in [0.29, 0.717) is 11.3 Å². The maximum absolute atomic E-state index is 13.6. The third-order valence-corrected chi connectivity index (χ3v) is 2.89. The first kappa shape index (κ1) is 9.46. The van der Waals surface area contributed by atoms with Crippen LogP contribution in [0.4, 0.5) is 10.1 Å². The van der Waals surface area contributed by atoms with Gasteiger partial charge in [-0.2, -0.15) is 0 Å². The Balaban J connectivity index is 2.66. The van der Waals surface area contributed by atoms with Crippen LogP contribution in [-0.4, -0.2) is 0 Å². The van der Waals surface area contributed by atoms with Crippen LogP contribution in [0.1, 0.15) is 36.1 Å². The minimum absolute atomic E-state index is 0.248. The molecule has 1 aliphatic carbocycles. The van der Waals surface area contributed by atoms with Crippen LogP contribution < -0.4 is 11.5 Å². The molecule has 0 aromatic heterocycles. The van der Waals surface area contributed by atoms with Gasteiger partial charge in [-0.15, -0.1) is 0 Å². The van der Waals surface area contributed by atoms with Crippen molar-refractivity contribution in [2.45, 2.75) is 32.2 Å². The van der Waals surface area contributed by atoms with E-state index in [4.69, 9.17) is 11.5 Å². The Labute approximate surface area is 83.1 Å². The molecule has 76 valence electrons. The first-order valence-corrected chi connectivity index (χ1v) is 4.96. The van der Waals surface area contributed by atoms with Crippen LogP contribution >= 0.6 is 0 Å². The highest BCUT2D eigenvalue weighted by Crippen LogP contribution is 2.34. The van der Waals surface area contributed by atoms with Crippen molar-refractivity contribution in [3.05, 3.63) is 28.6 Å². The smallest absolute Gasteiger partial charge is 0.130 e. The molecule has 1 aromatic rings. The van der Waals surface area contributed by atoms with Gasteiger partial charge in [-0.1, -0.05) is 0 Å². The van der Waals surface area contributed by atoms with Gasteiger partial charge in [-0.3, -0.25) is 0 Å². The van der Waals surface area contributed by atoms with Gasteiger partial charge in [0.05, 0.1) is 0 Å². The van der Waals surface area contributed by atoms with Crippen molar-refractivity contribution in [1.82, 2.24) is 0 Å². The third kappa shape index (κ3) is 1.28. The first-order valence-electron chi connectivity index (χ1n) is 4.96. The van der Waals surface area contributed by atoms with Crippen molar-refractivity contribution in [3.63, 3.8) is 0 Å². The van der Waals surface area contributed by atoms with Gasteiger partial charge in [0.2, 0.25) is 0 Å². The van der Waals surface area contributed by atoms with Crippen LogP contribution in [-0.2, 0) is 12.8 Å². The molecular weight excluding hydrogens is 179 g/mol. The largest absolute Gasteiger partial charge is 0.398 e. The highest BCUT2D eigenvalue weighted by molar-refractivity contribution is 5.57. The van der Waals surface area contributed by atoms with Gasteiger partial charge < -0.3 is 11.5 Å². The lowest BCUT2D eigenvalue weighted by Gasteiger charge is -2.14. The molecule has 1 aliphatic rings. The van der Waals surface area contributed by atoms with E-state index in [2.05, 4.69) is 0 Å². The molecule has 4 N–H and O–H groups in total. The monoisotopic (exact) mass is 194 g/mol. The Hall–Kier alpha value is -1.09. The van der Waals surface area contributed by atoms with Crippen molar-refractivity contribution >= 4 is 5.69 Å². The number of fused-ring (bicyclic) bond motifs is 1. The second-order valence-corrected chi connectivity index (χ2v) is 3.96. The summed E-state index contributed by atoms with van der Waals surface area (Å²) in [5, 5.41) is 0. The van der Waals surface area contributed by atoms with E-state index in [9.17, 15) is 4.39 Å². The molecule has 0 amide bonds. The number of anilines is 1. The molecule has 2 rings (SSSR count). The first-order chi connectivity index (χ1) is 6.61. The van der Waals surface area contributed by atoms with E-state index in [-0.39, 0.29) is 11.9 Å². The second-order valence-electron chi connectivity index (χ2n) is 3.96. The van der Waals surface area contributed by atoms with Crippen molar-refractivity contribution < 1.29 is 4.39 Å². The zero-order valence-electron chi connectivity index (χ0n) is 8.31. The molecule has 0 unspecified atom stereocenters. The zero-order valence-corrected chi connectivity index (χ0v) is 8.31. The summed E-state index contributed by atoms with van der Waals surface area (Å²) in [4.78, 5) is 0. The summed E-state index contributed by atoms with van der Waals surface area (Å²) in [5.41, 5.74) is 14.9. The fourth-order valence-corrected chi connectivity index (χ4v) is 2.30. The van der Waals surface area contributed by atoms with Gasteiger partial charge in [0.25, 0.3) is 0 Å². The molecule has 2 nitrogen and oxygen atoms in total. The third-order valence-electron chi connectivity index (χ3n) is 2.89. The Bertz CT molecular complexity index is 372. The second kappa shape index (κ2) is 3.24. The molecule has 3 heteroatoms. The Morgan fingerprint density at radius 1 is 1.36 bits per heavy atom. The number of benzene rings is 1. The van der Waals surface area contributed by atoms with E-state index in [0.717, 1.165) is 30.4 Å². The van der Waals surface area contributed by atoms with Crippen LogP contribution in [0.3, 0.4) is 0 Å². The van der Waals surface area contributed by atoms with Crippen LogP contribution in [0.25, 0.3) is 0 Å². The van der Waals surface area contributed by atoms with Gasteiger partial charge >= 0.3 is 0 Å². The fourth-order valence-electron chi connectivity index (χ4n) is 2.30. The van der Waals surface area contributed by atoms with E-state index in [1.165, 1.54) is 6.07 Å². The Morgan fingerprint density at radius 2 is 2.00 bits per heavy atom. The van der Waals surface area contributed by atoms with Crippen molar-refractivity contribution in [2.75, 3.05) is 5.73 Å². The quantitative estimate of drug-likeness (QED) is 0.671. The lowest BCUT2D eigenvalue weighted by Crippen LogP contribution is -2.12. The van der Waals surface area contributed by atoms with E-state index < -0.39 is 0 Å². The van der Waals surface area contributed by atoms with Gasteiger partial charge in [-0.05, 0) is 43.4 Å². The number of hydrogen-bond acceptors (Lipinski definition) is 2. The van der Waals surface area contributed by atoms with Crippen molar-refractivity contribution in [3.8, 4) is 0 Å². The van der Waals surface area contributed by atoms with Gasteiger partial charge in [0, 0.05) is 17.3 Å². The SMILES string of the molecule is C[C@@H](N)c1c(F)cc(N)c2c1CCC2. The van der Waals surface area contributed by atoms with Crippen molar-refractivity contribution in [2.24, 2.45) is 5.73 Å². The molecule has 1 aromatic carbocycles. The van der Waals surface area contributed by atoms with Crippen LogP contribution in [0, 0.1) is 5.82 Å². The fraction of sp³-hybridized carbons (Fsp3) is 0.455. The Kier molecular flexibility index (Phi) is 2.19. The molecule has 0 radical (unpaired) electrons. The lowest BCUT2D eigenvalue weighted by molar-refractivity contribution is 0.590. The summed E-state index contributed by atoms with van der Waals surface area (Å²) in [7, 11) is 0. The number of hydrogen-bond donors (Lipinski definition) is 2. The molecular formula is C11H15FN2. The highest BCUT2D eigenvalue weighted by atomic mass is 19.1. The number of halogens is 1. The average Bonchev–Trinajstić information content (AvgIpc) is 2.51. The predicted octanol–water partition coefficient (Wildman–Crippen LogP) is 1.92. The molecule has 0 aliphatic heterocycles. The molecule has 0 spiro atoms. The van der Waals surface area contributed by atoms with E-state index in [1.807, 2.05) is 6.92 Å². The molecule has 1 atom stereocenters. The summed E-state index contributed by atoms with van der Waals surface area (Å²) in [6, 6.07) is 1.16. The number of nitrogens with two attached hydrogens (primary N) is 2. The Morgan fingerprint density at radius 3 is 2.64 bits per heavy atom.